The lowest BCUT2D eigenvalue weighted by atomic mass is 9.98. The summed E-state index contributed by atoms with van der Waals surface area (Å²) in [6.45, 7) is 6.60. The van der Waals surface area contributed by atoms with Crippen molar-refractivity contribution >= 4 is 24.8 Å². The summed E-state index contributed by atoms with van der Waals surface area (Å²) < 4.78 is 0. The second-order valence-corrected chi connectivity index (χ2v) is 5.39. The van der Waals surface area contributed by atoms with E-state index in [1.54, 1.807) is 6.07 Å². The van der Waals surface area contributed by atoms with Crippen molar-refractivity contribution in [2.75, 3.05) is 26.2 Å². The van der Waals surface area contributed by atoms with Gasteiger partial charge >= 0.3 is 0 Å². The van der Waals surface area contributed by atoms with Gasteiger partial charge in [-0.2, -0.15) is 0 Å². The molecule has 0 radical (unpaired) electrons. The Morgan fingerprint density at radius 2 is 1.90 bits per heavy atom. The molecule has 1 aliphatic heterocycles. The highest BCUT2D eigenvalue weighted by atomic mass is 35.5. The van der Waals surface area contributed by atoms with Crippen molar-refractivity contribution in [3.63, 3.8) is 0 Å². The van der Waals surface area contributed by atoms with Crippen LogP contribution >= 0.6 is 24.8 Å². The molecule has 1 aromatic rings. The summed E-state index contributed by atoms with van der Waals surface area (Å²) >= 11 is 0. The number of nitrogens with zero attached hydrogens (tertiary/aromatic N) is 1. The number of halogens is 2. The van der Waals surface area contributed by atoms with Crippen LogP contribution in [-0.2, 0) is 0 Å². The Labute approximate surface area is 140 Å². The number of rotatable bonds is 6. The molecule has 0 bridgehead atoms. The molecule has 2 N–H and O–H groups in total. The van der Waals surface area contributed by atoms with E-state index in [2.05, 4.69) is 23.2 Å². The van der Waals surface area contributed by atoms with Gasteiger partial charge in [-0.05, 0) is 24.1 Å². The van der Waals surface area contributed by atoms with Crippen molar-refractivity contribution in [3.8, 4) is 5.75 Å². The Kier molecular flexibility index (Phi) is 10.9. The van der Waals surface area contributed by atoms with Crippen molar-refractivity contribution in [2.45, 2.75) is 38.6 Å². The predicted octanol–water partition coefficient (Wildman–Crippen LogP) is 3.76. The molecule has 1 aliphatic rings. The fourth-order valence-corrected chi connectivity index (χ4v) is 2.87. The molecule has 1 heterocycles. The number of aromatic hydroxyl groups is 1. The van der Waals surface area contributed by atoms with Crippen LogP contribution in [0.2, 0.25) is 0 Å². The van der Waals surface area contributed by atoms with Crippen LogP contribution in [0.4, 0.5) is 0 Å². The van der Waals surface area contributed by atoms with Gasteiger partial charge in [0.05, 0.1) is 0 Å². The number of hydrogen-bond acceptors (Lipinski definition) is 3. The molecule has 1 saturated heterocycles. The van der Waals surface area contributed by atoms with Gasteiger partial charge in [-0.1, -0.05) is 38.3 Å². The molecule has 0 amide bonds. The fraction of sp³-hybridized carbons (Fsp3) is 0.625. The van der Waals surface area contributed by atoms with Gasteiger partial charge < -0.3 is 10.4 Å². The van der Waals surface area contributed by atoms with Crippen LogP contribution in [0.15, 0.2) is 24.3 Å². The predicted molar refractivity (Wildman–Crippen MR) is 93.9 cm³/mol. The first kappa shape index (κ1) is 20.5. The lowest BCUT2D eigenvalue weighted by molar-refractivity contribution is 0.162. The molecule has 0 unspecified atom stereocenters. The summed E-state index contributed by atoms with van der Waals surface area (Å²) in [5, 5.41) is 13.1. The number of phenols is 1. The highest BCUT2D eigenvalue weighted by molar-refractivity contribution is 5.85. The van der Waals surface area contributed by atoms with Crippen molar-refractivity contribution < 1.29 is 5.11 Å². The number of benzene rings is 1. The molecule has 2 rings (SSSR count). The number of unbranched alkanes of at least 4 members (excludes halogenated alkanes) is 2. The van der Waals surface area contributed by atoms with E-state index in [4.69, 9.17) is 0 Å². The van der Waals surface area contributed by atoms with Crippen molar-refractivity contribution in [1.29, 1.82) is 0 Å². The van der Waals surface area contributed by atoms with Crippen LogP contribution in [0, 0.1) is 0 Å². The van der Waals surface area contributed by atoms with E-state index in [1.165, 1.54) is 31.2 Å². The number of hydrogen-bond donors (Lipinski definition) is 2. The maximum atomic E-state index is 9.70. The Balaban J connectivity index is 0.00000200. The second-order valence-electron chi connectivity index (χ2n) is 5.39. The van der Waals surface area contributed by atoms with Gasteiger partial charge in [-0.15, -0.1) is 24.8 Å². The molecule has 5 heteroatoms. The van der Waals surface area contributed by atoms with E-state index < -0.39 is 0 Å². The summed E-state index contributed by atoms with van der Waals surface area (Å²) in [7, 11) is 0. The smallest absolute Gasteiger partial charge is 0.115 e. The summed E-state index contributed by atoms with van der Waals surface area (Å²) in [5.41, 5.74) is 1.26. The Hall–Kier alpha value is -0.480. The Bertz CT molecular complexity index is 384. The molecule has 1 aromatic carbocycles. The highest BCUT2D eigenvalue weighted by Gasteiger charge is 2.21. The molecule has 3 nitrogen and oxygen atoms in total. The first-order valence-corrected chi connectivity index (χ1v) is 7.55. The van der Waals surface area contributed by atoms with Gasteiger partial charge in [-0.3, -0.25) is 4.90 Å². The van der Waals surface area contributed by atoms with Gasteiger partial charge in [0.15, 0.2) is 0 Å². The van der Waals surface area contributed by atoms with Crippen LogP contribution in [-0.4, -0.2) is 36.2 Å². The summed E-state index contributed by atoms with van der Waals surface area (Å²) in [5.74, 6) is 0.383. The third-order valence-corrected chi connectivity index (χ3v) is 3.93. The normalized spacial score (nSPS) is 16.6. The quantitative estimate of drug-likeness (QED) is 0.777. The van der Waals surface area contributed by atoms with Crippen LogP contribution in [0.3, 0.4) is 0 Å². The second kappa shape index (κ2) is 11.1. The molecular weight excluding hydrogens is 307 g/mol. The van der Waals surface area contributed by atoms with Gasteiger partial charge in [0.25, 0.3) is 0 Å². The van der Waals surface area contributed by atoms with Gasteiger partial charge in [0.2, 0.25) is 0 Å². The molecule has 1 atom stereocenters. The molecular formula is C16H28Cl2N2O. The van der Waals surface area contributed by atoms with Crippen molar-refractivity contribution in [2.24, 2.45) is 0 Å². The fourth-order valence-electron chi connectivity index (χ4n) is 2.87. The SMILES string of the molecule is CCCCC[C@H](c1cccc(O)c1)N1CCNCC1.Cl.Cl. The Morgan fingerprint density at radius 1 is 1.19 bits per heavy atom. The highest BCUT2D eigenvalue weighted by Crippen LogP contribution is 2.28. The maximum absolute atomic E-state index is 9.70. The third-order valence-electron chi connectivity index (χ3n) is 3.93. The zero-order valence-electron chi connectivity index (χ0n) is 12.8. The average Bonchev–Trinajstić information content (AvgIpc) is 2.45. The van der Waals surface area contributed by atoms with Gasteiger partial charge in [0, 0.05) is 32.2 Å². The summed E-state index contributed by atoms with van der Waals surface area (Å²) in [6.07, 6.45) is 5.01. The van der Waals surface area contributed by atoms with Crippen LogP contribution in [0.25, 0.3) is 0 Å². The number of nitrogens with one attached hydrogen (secondary N) is 1. The molecule has 1 fully saturated rings. The van der Waals surface area contributed by atoms with E-state index in [0.717, 1.165) is 26.2 Å². The summed E-state index contributed by atoms with van der Waals surface area (Å²) in [4.78, 5) is 2.56. The Morgan fingerprint density at radius 3 is 2.52 bits per heavy atom. The number of phenolic OH excluding ortho intramolecular Hbond substituents is 1. The maximum Gasteiger partial charge on any atom is 0.115 e. The van der Waals surface area contributed by atoms with E-state index >= 15 is 0 Å². The molecule has 0 aromatic heterocycles. The summed E-state index contributed by atoms with van der Waals surface area (Å²) in [6, 6.07) is 8.25. The zero-order valence-corrected chi connectivity index (χ0v) is 14.4. The minimum absolute atomic E-state index is 0. The standard InChI is InChI=1S/C16H26N2O.2ClH/c1-2-3-4-8-16(18-11-9-17-10-12-18)14-6-5-7-15(19)13-14;;/h5-7,13,16-17,19H,2-4,8-12H2,1H3;2*1H/t16-;;/m1../s1. The van der Waals surface area contributed by atoms with Crippen molar-refractivity contribution in [3.05, 3.63) is 29.8 Å². The molecule has 0 spiro atoms. The molecule has 0 saturated carbocycles. The largest absolute Gasteiger partial charge is 0.508 e. The topological polar surface area (TPSA) is 35.5 Å². The van der Waals surface area contributed by atoms with Crippen LogP contribution in [0.1, 0.15) is 44.2 Å². The van der Waals surface area contributed by atoms with Crippen LogP contribution in [0.5, 0.6) is 5.75 Å². The van der Waals surface area contributed by atoms with Gasteiger partial charge in [0.1, 0.15) is 5.75 Å². The van der Waals surface area contributed by atoms with E-state index in [0.29, 0.717) is 11.8 Å². The number of piperazine rings is 1. The monoisotopic (exact) mass is 334 g/mol. The van der Waals surface area contributed by atoms with E-state index in [-0.39, 0.29) is 24.8 Å². The average molecular weight is 335 g/mol. The van der Waals surface area contributed by atoms with Crippen molar-refractivity contribution in [1.82, 2.24) is 10.2 Å². The van der Waals surface area contributed by atoms with E-state index in [9.17, 15) is 5.11 Å². The molecule has 0 aliphatic carbocycles. The van der Waals surface area contributed by atoms with Gasteiger partial charge in [-0.25, -0.2) is 0 Å². The van der Waals surface area contributed by atoms with Crippen LogP contribution < -0.4 is 5.32 Å². The minimum Gasteiger partial charge on any atom is -0.508 e. The zero-order chi connectivity index (χ0) is 13.5. The third kappa shape index (κ3) is 6.43. The molecule has 122 valence electrons. The van der Waals surface area contributed by atoms with E-state index in [1.807, 2.05) is 12.1 Å². The minimum atomic E-state index is 0. The molecule has 21 heavy (non-hydrogen) atoms. The first-order valence-electron chi connectivity index (χ1n) is 7.55. The lowest BCUT2D eigenvalue weighted by Gasteiger charge is -2.35. The first-order chi connectivity index (χ1) is 9.31. The lowest BCUT2D eigenvalue weighted by Crippen LogP contribution is -2.45.